The smallest absolute Gasteiger partial charge is 0.168 e. The molecule has 0 N–H and O–H groups in total. The SMILES string of the molecule is CO[C@@H]1OCCC[C@H]1I. The summed E-state index contributed by atoms with van der Waals surface area (Å²) in [6, 6.07) is 0. The summed E-state index contributed by atoms with van der Waals surface area (Å²) in [7, 11) is 1.70. The molecular formula is C6H11IO2. The Kier molecular flexibility index (Phi) is 3.21. The molecule has 0 saturated carbocycles. The number of ether oxygens (including phenoxy) is 2. The van der Waals surface area contributed by atoms with E-state index in [2.05, 4.69) is 22.6 Å². The second-order valence-corrected chi connectivity index (χ2v) is 3.73. The van der Waals surface area contributed by atoms with E-state index in [1.165, 1.54) is 12.8 Å². The van der Waals surface area contributed by atoms with E-state index >= 15 is 0 Å². The predicted octanol–water partition coefficient (Wildman–Crippen LogP) is 1.57. The Morgan fingerprint density at radius 2 is 2.44 bits per heavy atom. The molecule has 0 spiro atoms. The summed E-state index contributed by atoms with van der Waals surface area (Å²) in [5.41, 5.74) is 0. The van der Waals surface area contributed by atoms with E-state index in [1.54, 1.807) is 7.11 Å². The lowest BCUT2D eigenvalue weighted by Crippen LogP contribution is -2.31. The largest absolute Gasteiger partial charge is 0.355 e. The van der Waals surface area contributed by atoms with Crippen LogP contribution in [-0.2, 0) is 9.47 Å². The van der Waals surface area contributed by atoms with E-state index in [0.717, 1.165) is 6.61 Å². The van der Waals surface area contributed by atoms with Crippen molar-refractivity contribution in [2.24, 2.45) is 0 Å². The molecule has 0 bridgehead atoms. The third-order valence-corrected chi connectivity index (χ3v) is 2.64. The molecule has 0 aliphatic carbocycles. The van der Waals surface area contributed by atoms with Gasteiger partial charge < -0.3 is 9.47 Å². The maximum absolute atomic E-state index is 5.31. The van der Waals surface area contributed by atoms with Crippen molar-refractivity contribution in [3.05, 3.63) is 0 Å². The first-order valence-electron chi connectivity index (χ1n) is 3.13. The van der Waals surface area contributed by atoms with Crippen LogP contribution in [0.25, 0.3) is 0 Å². The Labute approximate surface area is 69.0 Å². The van der Waals surface area contributed by atoms with Gasteiger partial charge in [-0.3, -0.25) is 0 Å². The van der Waals surface area contributed by atoms with Crippen molar-refractivity contribution in [1.29, 1.82) is 0 Å². The van der Waals surface area contributed by atoms with Gasteiger partial charge in [-0.2, -0.15) is 0 Å². The van der Waals surface area contributed by atoms with E-state index in [1.807, 2.05) is 0 Å². The van der Waals surface area contributed by atoms with Crippen LogP contribution in [0.2, 0.25) is 0 Å². The molecule has 2 atom stereocenters. The van der Waals surface area contributed by atoms with Gasteiger partial charge in [-0.15, -0.1) is 0 Å². The quantitative estimate of drug-likeness (QED) is 0.513. The van der Waals surface area contributed by atoms with Crippen LogP contribution in [0.3, 0.4) is 0 Å². The zero-order valence-corrected chi connectivity index (χ0v) is 7.63. The van der Waals surface area contributed by atoms with Crippen LogP contribution in [0.15, 0.2) is 0 Å². The zero-order chi connectivity index (χ0) is 6.69. The van der Waals surface area contributed by atoms with Crippen molar-refractivity contribution in [3.8, 4) is 0 Å². The Balaban J connectivity index is 2.30. The highest BCUT2D eigenvalue weighted by atomic mass is 127. The second kappa shape index (κ2) is 3.73. The van der Waals surface area contributed by atoms with Gasteiger partial charge in [0, 0.05) is 13.7 Å². The third kappa shape index (κ3) is 2.05. The van der Waals surface area contributed by atoms with Crippen LogP contribution in [0.4, 0.5) is 0 Å². The zero-order valence-electron chi connectivity index (χ0n) is 5.47. The molecule has 1 rings (SSSR count). The standard InChI is InChI=1S/C6H11IO2/c1-8-6-5(7)3-2-4-9-6/h5-6H,2-4H2,1H3/t5-,6-/m1/s1. The van der Waals surface area contributed by atoms with Crippen LogP contribution < -0.4 is 0 Å². The molecule has 1 aliphatic heterocycles. The van der Waals surface area contributed by atoms with Crippen LogP contribution in [0.1, 0.15) is 12.8 Å². The molecule has 1 heterocycles. The molecule has 9 heavy (non-hydrogen) atoms. The average Bonchev–Trinajstić information content (AvgIpc) is 1.89. The molecule has 1 aliphatic rings. The number of hydrogen-bond donors (Lipinski definition) is 0. The van der Waals surface area contributed by atoms with Gasteiger partial charge >= 0.3 is 0 Å². The normalized spacial score (nSPS) is 36.7. The minimum atomic E-state index is 0.0411. The predicted molar refractivity (Wildman–Crippen MR) is 43.8 cm³/mol. The Hall–Kier alpha value is 0.650. The first-order valence-corrected chi connectivity index (χ1v) is 4.37. The van der Waals surface area contributed by atoms with E-state index < -0.39 is 0 Å². The van der Waals surface area contributed by atoms with Gasteiger partial charge in [0.2, 0.25) is 0 Å². The molecule has 0 aromatic rings. The third-order valence-electron chi connectivity index (χ3n) is 1.43. The molecule has 0 unspecified atom stereocenters. The average molecular weight is 242 g/mol. The van der Waals surface area contributed by atoms with Crippen LogP contribution in [0.5, 0.6) is 0 Å². The fraction of sp³-hybridized carbons (Fsp3) is 1.00. The van der Waals surface area contributed by atoms with E-state index in [0.29, 0.717) is 3.92 Å². The monoisotopic (exact) mass is 242 g/mol. The second-order valence-electron chi connectivity index (χ2n) is 2.13. The summed E-state index contributed by atoms with van der Waals surface area (Å²) < 4.78 is 10.9. The molecule has 2 nitrogen and oxygen atoms in total. The summed E-state index contributed by atoms with van der Waals surface area (Å²) in [5.74, 6) is 0. The molecule has 0 aromatic carbocycles. The first-order chi connectivity index (χ1) is 4.34. The van der Waals surface area contributed by atoms with E-state index in [4.69, 9.17) is 9.47 Å². The van der Waals surface area contributed by atoms with Gasteiger partial charge in [0.05, 0.1) is 3.92 Å². The summed E-state index contributed by atoms with van der Waals surface area (Å²) in [6.07, 6.45) is 2.44. The highest BCUT2D eigenvalue weighted by Gasteiger charge is 2.22. The minimum Gasteiger partial charge on any atom is -0.355 e. The minimum absolute atomic E-state index is 0.0411. The molecule has 1 fully saturated rings. The maximum Gasteiger partial charge on any atom is 0.168 e. The van der Waals surface area contributed by atoms with Crippen molar-refractivity contribution < 1.29 is 9.47 Å². The van der Waals surface area contributed by atoms with Gasteiger partial charge in [0.25, 0.3) is 0 Å². The van der Waals surface area contributed by atoms with E-state index in [-0.39, 0.29) is 6.29 Å². The van der Waals surface area contributed by atoms with Crippen molar-refractivity contribution >= 4 is 22.6 Å². The van der Waals surface area contributed by atoms with Gasteiger partial charge in [-0.1, -0.05) is 22.6 Å². The molecule has 1 saturated heterocycles. The highest BCUT2D eigenvalue weighted by Crippen LogP contribution is 2.21. The molecular weight excluding hydrogens is 231 g/mol. The highest BCUT2D eigenvalue weighted by molar-refractivity contribution is 14.1. The summed E-state index contributed by atoms with van der Waals surface area (Å²) >= 11 is 2.37. The number of rotatable bonds is 1. The van der Waals surface area contributed by atoms with Crippen LogP contribution in [0, 0.1) is 0 Å². The molecule has 0 amide bonds. The van der Waals surface area contributed by atoms with E-state index in [9.17, 15) is 0 Å². The lowest BCUT2D eigenvalue weighted by Gasteiger charge is -2.25. The Morgan fingerprint density at radius 3 is 2.89 bits per heavy atom. The summed E-state index contributed by atoms with van der Waals surface area (Å²) in [6.45, 7) is 0.859. The van der Waals surface area contributed by atoms with Crippen LogP contribution >= 0.6 is 22.6 Å². The fourth-order valence-corrected chi connectivity index (χ4v) is 1.88. The topological polar surface area (TPSA) is 18.5 Å². The van der Waals surface area contributed by atoms with Crippen molar-refractivity contribution in [2.45, 2.75) is 23.1 Å². The van der Waals surface area contributed by atoms with Crippen molar-refractivity contribution in [3.63, 3.8) is 0 Å². The Morgan fingerprint density at radius 1 is 1.67 bits per heavy atom. The lowest BCUT2D eigenvalue weighted by molar-refractivity contribution is -0.137. The lowest BCUT2D eigenvalue weighted by atomic mass is 10.2. The van der Waals surface area contributed by atoms with Crippen molar-refractivity contribution in [2.75, 3.05) is 13.7 Å². The number of alkyl halides is 1. The van der Waals surface area contributed by atoms with Crippen LogP contribution in [-0.4, -0.2) is 23.9 Å². The first kappa shape index (κ1) is 7.75. The fourth-order valence-electron chi connectivity index (χ4n) is 0.934. The number of hydrogen-bond acceptors (Lipinski definition) is 2. The van der Waals surface area contributed by atoms with Gasteiger partial charge in [0.15, 0.2) is 6.29 Å². The van der Waals surface area contributed by atoms with Gasteiger partial charge in [-0.25, -0.2) is 0 Å². The van der Waals surface area contributed by atoms with Gasteiger partial charge in [0.1, 0.15) is 0 Å². The van der Waals surface area contributed by atoms with Gasteiger partial charge in [-0.05, 0) is 12.8 Å². The Bertz CT molecular complexity index is 87.1. The molecule has 3 heteroatoms. The summed E-state index contributed by atoms with van der Waals surface area (Å²) in [4.78, 5) is 0. The molecule has 0 aromatic heterocycles. The summed E-state index contributed by atoms with van der Waals surface area (Å²) in [5, 5.41) is 0. The molecule has 54 valence electrons. The maximum atomic E-state index is 5.31. The molecule has 0 radical (unpaired) electrons. The van der Waals surface area contributed by atoms with Crippen molar-refractivity contribution in [1.82, 2.24) is 0 Å². The number of halogens is 1. The number of methoxy groups -OCH3 is 1.